The Hall–Kier alpha value is -1.01. The van der Waals surface area contributed by atoms with Crippen molar-refractivity contribution in [2.24, 2.45) is 34.5 Å². The summed E-state index contributed by atoms with van der Waals surface area (Å²) in [4.78, 5) is 24.5. The monoisotopic (exact) mass is 408 g/mol. The molecule has 154 valence electrons. The molecule has 0 bridgehead atoms. The summed E-state index contributed by atoms with van der Waals surface area (Å²) in [6, 6.07) is 0. The number of ketones is 2. The first-order chi connectivity index (χ1) is 13.0. The van der Waals surface area contributed by atoms with Gasteiger partial charge < -0.3 is 15.3 Å². The van der Waals surface area contributed by atoms with Crippen LogP contribution in [-0.4, -0.2) is 50.6 Å². The molecular formula is C22H29ClO5. The first-order valence-corrected chi connectivity index (χ1v) is 10.6. The van der Waals surface area contributed by atoms with Crippen molar-refractivity contribution in [2.45, 2.75) is 57.1 Å². The van der Waals surface area contributed by atoms with Gasteiger partial charge in [0.25, 0.3) is 0 Å². The maximum Gasteiger partial charge on any atom is 0.190 e. The second-order valence-corrected chi connectivity index (χ2v) is 10.4. The average molecular weight is 409 g/mol. The number of hydrogen-bond acceptors (Lipinski definition) is 5. The maximum absolute atomic E-state index is 12.6. The number of carbonyl (C=O) groups is 2. The molecule has 0 radical (unpaired) electrons. The Bertz CT molecular complexity index is 790. The van der Waals surface area contributed by atoms with Crippen molar-refractivity contribution in [1.29, 1.82) is 0 Å². The fraction of sp³-hybridized carbons (Fsp3) is 0.727. The van der Waals surface area contributed by atoms with Crippen LogP contribution in [-0.2, 0) is 9.59 Å². The first kappa shape index (κ1) is 20.3. The number of aliphatic hydroxyl groups is 3. The lowest BCUT2D eigenvalue weighted by Gasteiger charge is -2.60. The normalized spacial score (nSPS) is 52.5. The molecule has 28 heavy (non-hydrogen) atoms. The lowest BCUT2D eigenvalue weighted by Crippen LogP contribution is -2.64. The van der Waals surface area contributed by atoms with E-state index in [0.29, 0.717) is 12.8 Å². The van der Waals surface area contributed by atoms with Crippen LogP contribution in [0.25, 0.3) is 0 Å². The predicted molar refractivity (Wildman–Crippen MR) is 105 cm³/mol. The molecule has 3 N–H and O–H groups in total. The topological polar surface area (TPSA) is 94.8 Å². The molecule has 4 aliphatic carbocycles. The van der Waals surface area contributed by atoms with Crippen molar-refractivity contribution < 1.29 is 24.9 Å². The third kappa shape index (κ3) is 2.31. The van der Waals surface area contributed by atoms with E-state index in [1.807, 2.05) is 19.9 Å². The molecule has 4 rings (SSSR count). The number of carbonyl (C=O) groups excluding carboxylic acids is 2. The van der Waals surface area contributed by atoms with Crippen LogP contribution < -0.4 is 0 Å². The van der Waals surface area contributed by atoms with Crippen molar-refractivity contribution in [3.8, 4) is 0 Å². The summed E-state index contributed by atoms with van der Waals surface area (Å²) in [6.07, 6.45) is 5.78. The molecule has 0 aliphatic heterocycles. The van der Waals surface area contributed by atoms with E-state index in [2.05, 4.69) is 6.92 Å². The Morgan fingerprint density at radius 1 is 1.36 bits per heavy atom. The van der Waals surface area contributed by atoms with Crippen LogP contribution in [0.4, 0.5) is 0 Å². The summed E-state index contributed by atoms with van der Waals surface area (Å²) in [6.45, 7) is 5.05. The summed E-state index contributed by atoms with van der Waals surface area (Å²) in [5.41, 5.74) is -2.04. The number of aliphatic hydroxyl groups excluding tert-OH is 2. The van der Waals surface area contributed by atoms with E-state index in [0.717, 1.165) is 5.57 Å². The minimum absolute atomic E-state index is 0.0525. The molecule has 4 aliphatic rings. The van der Waals surface area contributed by atoms with Gasteiger partial charge in [0, 0.05) is 22.1 Å². The SMILES string of the molecule is C[C@@H]1C[C@H]2[C@H]3[C@H]([C@@H](O)C[C@@]2(C)[C@]1(O)C(=O)CO)[C@]1(C)C=CC(=O)C=C1C[C@H]3Cl. The van der Waals surface area contributed by atoms with Gasteiger partial charge in [-0.1, -0.05) is 32.4 Å². The van der Waals surface area contributed by atoms with Gasteiger partial charge in [0.2, 0.25) is 0 Å². The Labute approximate surface area is 170 Å². The largest absolute Gasteiger partial charge is 0.393 e. The van der Waals surface area contributed by atoms with E-state index in [1.165, 1.54) is 0 Å². The van der Waals surface area contributed by atoms with Crippen molar-refractivity contribution in [2.75, 3.05) is 6.61 Å². The minimum atomic E-state index is -1.68. The number of fused-ring (bicyclic) bond motifs is 5. The van der Waals surface area contributed by atoms with Gasteiger partial charge in [-0.15, -0.1) is 11.6 Å². The van der Waals surface area contributed by atoms with E-state index in [1.54, 1.807) is 12.2 Å². The van der Waals surface area contributed by atoms with Crippen LogP contribution in [0.1, 0.15) is 40.0 Å². The molecule has 0 spiro atoms. The highest BCUT2D eigenvalue weighted by molar-refractivity contribution is 6.21. The van der Waals surface area contributed by atoms with E-state index in [-0.39, 0.29) is 41.3 Å². The van der Waals surface area contributed by atoms with Crippen molar-refractivity contribution in [3.05, 3.63) is 23.8 Å². The molecule has 0 saturated heterocycles. The molecule has 5 nitrogen and oxygen atoms in total. The zero-order valence-corrected chi connectivity index (χ0v) is 17.3. The third-order valence-corrected chi connectivity index (χ3v) is 9.08. The van der Waals surface area contributed by atoms with Gasteiger partial charge >= 0.3 is 0 Å². The number of Topliss-reactive ketones (excluding diaryl/α,β-unsaturated/α-hetero) is 1. The van der Waals surface area contributed by atoms with Gasteiger partial charge in [-0.3, -0.25) is 9.59 Å². The molecule has 0 aromatic rings. The minimum Gasteiger partial charge on any atom is -0.393 e. The first-order valence-electron chi connectivity index (χ1n) is 10.1. The summed E-state index contributed by atoms with van der Waals surface area (Å²) in [5, 5.41) is 32.0. The Kier molecular flexibility index (Phi) is 4.52. The fourth-order valence-corrected chi connectivity index (χ4v) is 7.79. The number of halogens is 1. The van der Waals surface area contributed by atoms with Gasteiger partial charge in [0.15, 0.2) is 11.6 Å². The molecule has 0 amide bonds. The number of alkyl halides is 1. The second kappa shape index (κ2) is 6.24. The van der Waals surface area contributed by atoms with Crippen LogP contribution >= 0.6 is 11.6 Å². The Morgan fingerprint density at radius 2 is 2.04 bits per heavy atom. The quantitative estimate of drug-likeness (QED) is 0.607. The van der Waals surface area contributed by atoms with Crippen LogP contribution in [0, 0.1) is 34.5 Å². The smallest absolute Gasteiger partial charge is 0.190 e. The summed E-state index contributed by atoms with van der Waals surface area (Å²) >= 11 is 6.86. The van der Waals surface area contributed by atoms with E-state index in [4.69, 9.17) is 11.6 Å². The van der Waals surface area contributed by atoms with Gasteiger partial charge in [-0.25, -0.2) is 0 Å². The third-order valence-electron chi connectivity index (χ3n) is 8.63. The Balaban J connectivity index is 1.82. The molecule has 0 unspecified atom stereocenters. The molecule has 3 saturated carbocycles. The molecule has 9 atom stereocenters. The predicted octanol–water partition coefficient (Wildman–Crippen LogP) is 2.02. The summed E-state index contributed by atoms with van der Waals surface area (Å²) in [5.74, 6) is -1.29. The van der Waals surface area contributed by atoms with Gasteiger partial charge in [0.1, 0.15) is 12.2 Å². The van der Waals surface area contributed by atoms with Gasteiger partial charge in [0.05, 0.1) is 6.10 Å². The summed E-state index contributed by atoms with van der Waals surface area (Å²) < 4.78 is 0. The second-order valence-electron chi connectivity index (χ2n) is 9.79. The van der Waals surface area contributed by atoms with Gasteiger partial charge in [-0.05, 0) is 49.2 Å². The maximum atomic E-state index is 12.6. The number of hydrogen-bond donors (Lipinski definition) is 3. The standard InChI is InChI=1S/C22H29ClO5/c1-11-6-14-18-15(23)8-12-7-13(25)4-5-20(12,2)19(18)16(26)9-21(14,3)22(11,28)17(27)10-24/h4-5,7,11,14-16,18-19,24,26,28H,6,8-10H2,1-3H3/t11-,14+,15-,16+,18-,19+,20-,21-,22-/m1/s1. The highest BCUT2D eigenvalue weighted by Crippen LogP contribution is 2.68. The molecule has 6 heteroatoms. The highest BCUT2D eigenvalue weighted by Gasteiger charge is 2.71. The molecule has 3 fully saturated rings. The molecular weight excluding hydrogens is 380 g/mol. The lowest BCUT2D eigenvalue weighted by molar-refractivity contribution is -0.183. The van der Waals surface area contributed by atoms with E-state index >= 15 is 0 Å². The van der Waals surface area contributed by atoms with Crippen LogP contribution in [0.15, 0.2) is 23.8 Å². The van der Waals surface area contributed by atoms with Gasteiger partial charge in [-0.2, -0.15) is 0 Å². The molecule has 0 aromatic carbocycles. The zero-order chi connectivity index (χ0) is 20.6. The van der Waals surface area contributed by atoms with Crippen molar-refractivity contribution >= 4 is 23.2 Å². The van der Waals surface area contributed by atoms with E-state index < -0.39 is 34.9 Å². The zero-order valence-electron chi connectivity index (χ0n) is 16.6. The van der Waals surface area contributed by atoms with Crippen LogP contribution in [0.5, 0.6) is 0 Å². The fourth-order valence-electron chi connectivity index (χ4n) is 7.29. The average Bonchev–Trinajstić information content (AvgIpc) is 2.83. The summed E-state index contributed by atoms with van der Waals surface area (Å²) in [7, 11) is 0. The van der Waals surface area contributed by atoms with E-state index in [9.17, 15) is 24.9 Å². The lowest BCUT2D eigenvalue weighted by atomic mass is 9.46. The number of allylic oxidation sites excluding steroid dienone is 4. The Morgan fingerprint density at radius 3 is 2.68 bits per heavy atom. The highest BCUT2D eigenvalue weighted by atomic mass is 35.5. The van der Waals surface area contributed by atoms with Crippen LogP contribution in [0.2, 0.25) is 0 Å². The van der Waals surface area contributed by atoms with Crippen LogP contribution in [0.3, 0.4) is 0 Å². The van der Waals surface area contributed by atoms with Crippen molar-refractivity contribution in [3.63, 3.8) is 0 Å². The molecule has 0 heterocycles. The molecule has 0 aromatic heterocycles. The van der Waals surface area contributed by atoms with Crippen molar-refractivity contribution in [1.82, 2.24) is 0 Å². The number of rotatable bonds is 2.